The van der Waals surface area contributed by atoms with E-state index in [2.05, 4.69) is 71.7 Å². The molecule has 0 aliphatic rings. The molecule has 0 saturated heterocycles. The minimum atomic E-state index is 0.155. The van der Waals surface area contributed by atoms with Gasteiger partial charge in [-0.25, -0.2) is 0 Å². The maximum absolute atomic E-state index is 6.97. The van der Waals surface area contributed by atoms with Crippen LogP contribution in [0.25, 0.3) is 54.3 Å². The highest BCUT2D eigenvalue weighted by Crippen LogP contribution is 2.55. The van der Waals surface area contributed by atoms with Gasteiger partial charge in [-0.3, -0.25) is 0 Å². The molecule has 0 atom stereocenters. The fraction of sp³-hybridized carbons (Fsp3) is 0.312. The SMILES string of the molecule is COc1c(OC)c(Br)c2c(cc3cocc4cc5c(C(C)C)c(OC)c(OC)c(Br)c5c5oc2c3c45)c1C(C)C. The van der Waals surface area contributed by atoms with E-state index in [1.54, 1.807) is 41.0 Å². The summed E-state index contributed by atoms with van der Waals surface area (Å²) in [7, 11) is 6.66. The molecule has 0 aliphatic carbocycles. The molecule has 6 rings (SSSR count). The van der Waals surface area contributed by atoms with Crippen LogP contribution in [0, 0.1) is 0 Å². The van der Waals surface area contributed by atoms with Crippen LogP contribution < -0.4 is 18.9 Å². The van der Waals surface area contributed by atoms with Crippen molar-refractivity contribution in [3.63, 3.8) is 0 Å². The molecule has 2 heterocycles. The lowest BCUT2D eigenvalue weighted by molar-refractivity contribution is 0.350. The van der Waals surface area contributed by atoms with Crippen LogP contribution in [0.2, 0.25) is 0 Å². The van der Waals surface area contributed by atoms with Crippen LogP contribution in [0.4, 0.5) is 0 Å². The molecule has 0 spiro atoms. The van der Waals surface area contributed by atoms with E-state index in [9.17, 15) is 0 Å². The fourth-order valence-electron chi connectivity index (χ4n) is 6.24. The van der Waals surface area contributed by atoms with Gasteiger partial charge in [0, 0.05) is 43.4 Å². The van der Waals surface area contributed by atoms with Crippen molar-refractivity contribution >= 4 is 86.1 Å². The van der Waals surface area contributed by atoms with Crippen molar-refractivity contribution < 1.29 is 27.8 Å². The maximum Gasteiger partial charge on any atom is 0.176 e. The fourth-order valence-corrected chi connectivity index (χ4v) is 7.71. The van der Waals surface area contributed by atoms with Gasteiger partial charge in [0.15, 0.2) is 23.0 Å². The van der Waals surface area contributed by atoms with E-state index < -0.39 is 0 Å². The molecular weight excluding hydrogens is 640 g/mol. The molecule has 0 radical (unpaired) electrons. The first-order valence-corrected chi connectivity index (χ1v) is 14.7. The Hall–Kier alpha value is -3.10. The lowest BCUT2D eigenvalue weighted by atomic mass is 9.90. The van der Waals surface area contributed by atoms with Crippen LogP contribution in [0.5, 0.6) is 23.0 Å². The monoisotopic (exact) mass is 668 g/mol. The third kappa shape index (κ3) is 3.51. The Bertz CT molecular complexity index is 1840. The quantitative estimate of drug-likeness (QED) is 0.176. The third-order valence-corrected chi connectivity index (χ3v) is 9.27. The van der Waals surface area contributed by atoms with E-state index in [0.29, 0.717) is 23.0 Å². The summed E-state index contributed by atoms with van der Waals surface area (Å²) in [4.78, 5) is 0. The predicted molar refractivity (Wildman–Crippen MR) is 168 cm³/mol. The van der Waals surface area contributed by atoms with Gasteiger partial charge >= 0.3 is 0 Å². The Morgan fingerprint density at radius 2 is 0.950 bits per heavy atom. The van der Waals surface area contributed by atoms with Crippen LogP contribution in [0.3, 0.4) is 0 Å². The average Bonchev–Trinajstić information content (AvgIpc) is 3.22. The highest BCUT2D eigenvalue weighted by atomic mass is 79.9. The lowest BCUT2D eigenvalue weighted by Crippen LogP contribution is -2.01. The van der Waals surface area contributed by atoms with Gasteiger partial charge in [-0.2, -0.15) is 0 Å². The topological polar surface area (TPSA) is 63.2 Å². The zero-order valence-corrected chi connectivity index (χ0v) is 26.8. The molecule has 0 fully saturated rings. The van der Waals surface area contributed by atoms with Crippen molar-refractivity contribution in [2.75, 3.05) is 28.4 Å². The molecule has 0 amide bonds. The first kappa shape index (κ1) is 27.1. The van der Waals surface area contributed by atoms with Gasteiger partial charge in [-0.15, -0.1) is 0 Å². The molecule has 0 aliphatic heterocycles. The third-order valence-electron chi connectivity index (χ3n) is 7.76. The van der Waals surface area contributed by atoms with Gasteiger partial charge in [0.1, 0.15) is 11.2 Å². The first-order chi connectivity index (χ1) is 19.2. The summed E-state index contributed by atoms with van der Waals surface area (Å²) in [6.07, 6.45) is 3.57. The highest BCUT2D eigenvalue weighted by Gasteiger charge is 2.30. The van der Waals surface area contributed by atoms with Crippen LogP contribution in [0.15, 0.2) is 42.4 Å². The Morgan fingerprint density at radius 3 is 1.27 bits per heavy atom. The summed E-state index contributed by atoms with van der Waals surface area (Å²) in [5, 5.41) is 7.67. The number of halogens is 2. The molecular formula is C32H30Br2O6. The van der Waals surface area contributed by atoms with Crippen molar-refractivity contribution in [1.82, 2.24) is 0 Å². The number of rotatable bonds is 6. The number of hydrogen-bond acceptors (Lipinski definition) is 6. The summed E-state index contributed by atoms with van der Waals surface area (Å²) in [6.45, 7) is 8.59. The molecule has 6 nitrogen and oxygen atoms in total. The normalized spacial score (nSPS) is 12.2. The second kappa shape index (κ2) is 9.77. The smallest absolute Gasteiger partial charge is 0.176 e. The molecule has 8 heteroatoms. The molecule has 40 heavy (non-hydrogen) atoms. The van der Waals surface area contributed by atoms with Crippen LogP contribution >= 0.6 is 31.9 Å². The van der Waals surface area contributed by atoms with Crippen molar-refractivity contribution in [1.29, 1.82) is 0 Å². The maximum atomic E-state index is 6.97. The second-order valence-corrected chi connectivity index (χ2v) is 12.1. The van der Waals surface area contributed by atoms with Crippen LogP contribution in [-0.4, -0.2) is 28.4 Å². The summed E-state index contributed by atoms with van der Waals surface area (Å²) in [5.41, 5.74) is 3.57. The standard InChI is InChI=1S/C32H30Br2O6/c1-13(2)19-17-9-15-11-39-12-16-10-18-20(14(3)4)30(36-6)32(38-8)26(34)24(18)28-22(16)21(15)27(40-28)23(17)25(33)31(37-7)29(19)35-5/h9-14H,1-8H3. The van der Waals surface area contributed by atoms with E-state index in [-0.39, 0.29) is 11.8 Å². The van der Waals surface area contributed by atoms with Gasteiger partial charge in [-0.05, 0) is 66.6 Å². The molecule has 0 bridgehead atoms. The van der Waals surface area contributed by atoms with E-state index in [1.807, 2.05) is 0 Å². The lowest BCUT2D eigenvalue weighted by Gasteiger charge is -2.20. The first-order valence-electron chi connectivity index (χ1n) is 13.1. The van der Waals surface area contributed by atoms with Crippen molar-refractivity contribution in [2.24, 2.45) is 0 Å². The minimum absolute atomic E-state index is 0.155. The predicted octanol–water partition coefficient (Wildman–Crippen LogP) is 10.4. The van der Waals surface area contributed by atoms with Crippen molar-refractivity contribution in [3.05, 3.63) is 44.7 Å². The Balaban J connectivity index is 1.97. The second-order valence-electron chi connectivity index (χ2n) is 10.6. The van der Waals surface area contributed by atoms with Gasteiger partial charge < -0.3 is 27.8 Å². The number of hydrogen-bond donors (Lipinski definition) is 0. The van der Waals surface area contributed by atoms with Gasteiger partial charge in [0.2, 0.25) is 0 Å². The number of methoxy groups -OCH3 is 4. The molecule has 0 N–H and O–H groups in total. The van der Waals surface area contributed by atoms with Crippen LogP contribution in [-0.2, 0) is 0 Å². The van der Waals surface area contributed by atoms with E-state index in [4.69, 9.17) is 27.8 Å². The number of fused-ring (bicyclic) bond motifs is 4. The average molecular weight is 670 g/mol. The summed E-state index contributed by atoms with van der Waals surface area (Å²) >= 11 is 7.71. The van der Waals surface area contributed by atoms with Crippen molar-refractivity contribution in [2.45, 2.75) is 39.5 Å². The summed E-state index contributed by atoms with van der Waals surface area (Å²) < 4.78 is 38.1. The van der Waals surface area contributed by atoms with Crippen LogP contribution in [0.1, 0.15) is 50.7 Å². The summed E-state index contributed by atoms with van der Waals surface area (Å²) in [5.74, 6) is 2.98. The Morgan fingerprint density at radius 1 is 0.575 bits per heavy atom. The largest absolute Gasteiger partial charge is 0.492 e. The van der Waals surface area contributed by atoms with Crippen molar-refractivity contribution in [3.8, 4) is 23.0 Å². The molecule has 0 unspecified atom stereocenters. The zero-order valence-electron chi connectivity index (χ0n) is 23.7. The molecule has 6 aromatic rings. The van der Waals surface area contributed by atoms with E-state index >= 15 is 0 Å². The molecule has 208 valence electrons. The van der Waals surface area contributed by atoms with Gasteiger partial charge in [-0.1, -0.05) is 27.7 Å². The number of furan rings is 1. The number of benzene rings is 4. The summed E-state index contributed by atoms with van der Waals surface area (Å²) in [6, 6.07) is 4.32. The van der Waals surface area contributed by atoms with E-state index in [1.165, 1.54) is 0 Å². The minimum Gasteiger partial charge on any atom is -0.492 e. The molecule has 0 saturated carbocycles. The van der Waals surface area contributed by atoms with E-state index in [0.717, 1.165) is 74.3 Å². The highest BCUT2D eigenvalue weighted by molar-refractivity contribution is 9.11. The Kier molecular flexibility index (Phi) is 6.62. The molecule has 4 aromatic carbocycles. The number of ether oxygens (including phenoxy) is 4. The zero-order chi connectivity index (χ0) is 28.6. The van der Waals surface area contributed by atoms with Gasteiger partial charge in [0.25, 0.3) is 0 Å². The van der Waals surface area contributed by atoms with Gasteiger partial charge in [0.05, 0.1) is 49.9 Å². The molecule has 2 aromatic heterocycles. The Labute approximate surface area is 248 Å².